The fraction of sp³-hybridized carbons (Fsp3) is 0.333. The zero-order valence-corrected chi connectivity index (χ0v) is 10.4. The molecule has 2 aromatic rings. The molecule has 0 atom stereocenters. The van der Waals surface area contributed by atoms with Crippen LogP contribution in [-0.2, 0) is 16.1 Å². The topological polar surface area (TPSA) is 87.3 Å². The van der Waals surface area contributed by atoms with Gasteiger partial charge in [-0.15, -0.1) is 0 Å². The van der Waals surface area contributed by atoms with Gasteiger partial charge in [-0.1, -0.05) is 0 Å². The molecule has 0 N–H and O–H groups in total. The molecule has 0 aliphatic heterocycles. The van der Waals surface area contributed by atoms with Crippen LogP contribution in [0.2, 0.25) is 0 Å². The lowest BCUT2D eigenvalue weighted by Crippen LogP contribution is -2.08. The summed E-state index contributed by atoms with van der Waals surface area (Å²) in [5.41, 5.74) is 1.30. The van der Waals surface area contributed by atoms with Crippen molar-refractivity contribution in [3.63, 3.8) is 0 Å². The second-order valence-corrected chi connectivity index (χ2v) is 3.92. The molecule has 0 radical (unpaired) electrons. The van der Waals surface area contributed by atoms with Gasteiger partial charge in [0.05, 0.1) is 35.3 Å². The summed E-state index contributed by atoms with van der Waals surface area (Å²) in [7, 11) is 0. The summed E-state index contributed by atoms with van der Waals surface area (Å²) < 4.78 is 6.61. The van der Waals surface area contributed by atoms with Crippen LogP contribution in [0.5, 0.6) is 0 Å². The number of nitrogens with zero attached hydrogens (tertiary/aromatic N) is 3. The third kappa shape index (κ3) is 2.87. The SMILES string of the molecule is CCOC(=O)CCn1cnc2cc([N+](=O)[O-])ccc21. The van der Waals surface area contributed by atoms with Crippen LogP contribution < -0.4 is 0 Å². The van der Waals surface area contributed by atoms with Crippen LogP contribution in [0.3, 0.4) is 0 Å². The molecule has 1 aromatic carbocycles. The lowest BCUT2D eigenvalue weighted by Gasteiger charge is -2.04. The first kappa shape index (κ1) is 13.0. The lowest BCUT2D eigenvalue weighted by molar-refractivity contribution is -0.384. The molecule has 0 unspecified atom stereocenters. The van der Waals surface area contributed by atoms with Gasteiger partial charge in [0.1, 0.15) is 0 Å². The van der Waals surface area contributed by atoms with Gasteiger partial charge in [-0.05, 0) is 13.0 Å². The molecule has 7 heteroatoms. The number of non-ortho nitro benzene ring substituents is 1. The number of hydrogen-bond acceptors (Lipinski definition) is 5. The Kier molecular flexibility index (Phi) is 3.74. The number of ether oxygens (including phenoxy) is 1. The van der Waals surface area contributed by atoms with Gasteiger partial charge >= 0.3 is 5.97 Å². The Labute approximate surface area is 109 Å². The number of aryl methyl sites for hydroxylation is 1. The number of benzene rings is 1. The van der Waals surface area contributed by atoms with E-state index in [4.69, 9.17) is 4.74 Å². The van der Waals surface area contributed by atoms with Crippen molar-refractivity contribution in [1.29, 1.82) is 0 Å². The van der Waals surface area contributed by atoms with Crippen LogP contribution in [0.15, 0.2) is 24.5 Å². The predicted molar refractivity (Wildman–Crippen MR) is 67.6 cm³/mol. The smallest absolute Gasteiger partial charge is 0.307 e. The second kappa shape index (κ2) is 5.47. The van der Waals surface area contributed by atoms with E-state index >= 15 is 0 Å². The van der Waals surface area contributed by atoms with E-state index in [-0.39, 0.29) is 18.1 Å². The van der Waals surface area contributed by atoms with Crippen molar-refractivity contribution in [1.82, 2.24) is 9.55 Å². The number of hydrogen-bond donors (Lipinski definition) is 0. The van der Waals surface area contributed by atoms with Gasteiger partial charge in [-0.2, -0.15) is 0 Å². The highest BCUT2D eigenvalue weighted by molar-refractivity contribution is 5.78. The summed E-state index contributed by atoms with van der Waals surface area (Å²) in [6.45, 7) is 2.55. The van der Waals surface area contributed by atoms with E-state index in [0.717, 1.165) is 5.52 Å². The molecule has 100 valence electrons. The molecule has 1 heterocycles. The van der Waals surface area contributed by atoms with Gasteiger partial charge in [0.25, 0.3) is 5.69 Å². The summed E-state index contributed by atoms with van der Waals surface area (Å²) in [5, 5.41) is 10.6. The van der Waals surface area contributed by atoms with E-state index in [0.29, 0.717) is 18.7 Å². The monoisotopic (exact) mass is 263 g/mol. The lowest BCUT2D eigenvalue weighted by atomic mass is 10.3. The average molecular weight is 263 g/mol. The summed E-state index contributed by atoms with van der Waals surface area (Å²) in [5.74, 6) is -0.272. The molecular weight excluding hydrogens is 250 g/mol. The van der Waals surface area contributed by atoms with Crippen LogP contribution in [0.25, 0.3) is 11.0 Å². The minimum absolute atomic E-state index is 0.00291. The molecule has 0 aliphatic carbocycles. The third-order valence-electron chi connectivity index (χ3n) is 2.68. The maximum Gasteiger partial charge on any atom is 0.307 e. The van der Waals surface area contributed by atoms with Crippen LogP contribution >= 0.6 is 0 Å². The van der Waals surface area contributed by atoms with Gasteiger partial charge in [0, 0.05) is 18.7 Å². The predicted octanol–water partition coefficient (Wildman–Crippen LogP) is 1.90. The van der Waals surface area contributed by atoms with E-state index in [9.17, 15) is 14.9 Å². The first-order chi connectivity index (χ1) is 9.11. The summed E-state index contributed by atoms with van der Waals surface area (Å²) in [6, 6.07) is 4.46. The van der Waals surface area contributed by atoms with E-state index in [1.807, 2.05) is 0 Å². The largest absolute Gasteiger partial charge is 0.466 e. The van der Waals surface area contributed by atoms with Crippen LogP contribution in [0, 0.1) is 10.1 Å². The first-order valence-electron chi connectivity index (χ1n) is 5.86. The number of nitro groups is 1. The Morgan fingerprint density at radius 3 is 3.00 bits per heavy atom. The van der Waals surface area contributed by atoms with E-state index in [1.54, 1.807) is 23.9 Å². The molecule has 2 rings (SSSR count). The highest BCUT2D eigenvalue weighted by Crippen LogP contribution is 2.19. The van der Waals surface area contributed by atoms with Crippen molar-refractivity contribution in [3.05, 3.63) is 34.6 Å². The van der Waals surface area contributed by atoms with Gasteiger partial charge in [-0.25, -0.2) is 4.98 Å². The molecule has 19 heavy (non-hydrogen) atoms. The number of aromatic nitrogens is 2. The minimum atomic E-state index is -0.461. The number of carbonyl (C=O) groups excluding carboxylic acids is 1. The normalized spacial score (nSPS) is 10.6. The van der Waals surface area contributed by atoms with E-state index in [1.165, 1.54) is 12.1 Å². The fourth-order valence-corrected chi connectivity index (χ4v) is 1.79. The van der Waals surface area contributed by atoms with E-state index in [2.05, 4.69) is 4.98 Å². The maximum atomic E-state index is 11.3. The van der Waals surface area contributed by atoms with Crippen LogP contribution in [-0.4, -0.2) is 27.1 Å². The van der Waals surface area contributed by atoms with Gasteiger partial charge in [-0.3, -0.25) is 14.9 Å². The van der Waals surface area contributed by atoms with Crippen molar-refractivity contribution in [2.24, 2.45) is 0 Å². The number of nitro benzene ring substituents is 1. The summed E-state index contributed by atoms with van der Waals surface area (Å²) in [6.07, 6.45) is 1.81. The van der Waals surface area contributed by atoms with Gasteiger partial charge < -0.3 is 9.30 Å². The number of esters is 1. The fourth-order valence-electron chi connectivity index (χ4n) is 1.79. The standard InChI is InChI=1S/C12H13N3O4/c1-2-19-12(16)5-6-14-8-13-10-7-9(15(17)18)3-4-11(10)14/h3-4,7-8H,2,5-6H2,1H3. The number of fused-ring (bicyclic) bond motifs is 1. The Balaban J connectivity index is 2.17. The zero-order chi connectivity index (χ0) is 13.8. The number of carbonyl (C=O) groups is 1. The number of rotatable bonds is 5. The van der Waals surface area contributed by atoms with Gasteiger partial charge in [0.2, 0.25) is 0 Å². The third-order valence-corrected chi connectivity index (χ3v) is 2.68. The Hall–Kier alpha value is -2.44. The minimum Gasteiger partial charge on any atom is -0.466 e. The molecule has 0 fully saturated rings. The molecular formula is C12H13N3O4. The zero-order valence-electron chi connectivity index (χ0n) is 10.4. The molecule has 0 bridgehead atoms. The first-order valence-corrected chi connectivity index (χ1v) is 5.86. The molecule has 7 nitrogen and oxygen atoms in total. The highest BCUT2D eigenvalue weighted by atomic mass is 16.6. The molecule has 0 saturated heterocycles. The Bertz CT molecular complexity index is 620. The van der Waals surface area contributed by atoms with Crippen molar-refractivity contribution in [2.75, 3.05) is 6.61 Å². The molecule has 0 aliphatic rings. The van der Waals surface area contributed by atoms with Crippen LogP contribution in [0.1, 0.15) is 13.3 Å². The second-order valence-electron chi connectivity index (χ2n) is 3.92. The highest BCUT2D eigenvalue weighted by Gasteiger charge is 2.10. The van der Waals surface area contributed by atoms with Crippen molar-refractivity contribution in [2.45, 2.75) is 19.9 Å². The quantitative estimate of drug-likeness (QED) is 0.467. The summed E-state index contributed by atoms with van der Waals surface area (Å²) >= 11 is 0. The van der Waals surface area contributed by atoms with Crippen molar-refractivity contribution in [3.8, 4) is 0 Å². The summed E-state index contributed by atoms with van der Waals surface area (Å²) in [4.78, 5) is 25.6. The van der Waals surface area contributed by atoms with Crippen molar-refractivity contribution >= 4 is 22.7 Å². The maximum absolute atomic E-state index is 11.3. The van der Waals surface area contributed by atoms with Crippen LogP contribution in [0.4, 0.5) is 5.69 Å². The number of imidazole rings is 1. The Morgan fingerprint density at radius 2 is 2.32 bits per heavy atom. The van der Waals surface area contributed by atoms with E-state index < -0.39 is 4.92 Å². The van der Waals surface area contributed by atoms with Crippen molar-refractivity contribution < 1.29 is 14.5 Å². The Morgan fingerprint density at radius 1 is 1.53 bits per heavy atom. The molecule has 0 saturated carbocycles. The molecule has 0 spiro atoms. The molecule has 0 amide bonds. The molecule has 1 aromatic heterocycles. The van der Waals surface area contributed by atoms with Gasteiger partial charge in [0.15, 0.2) is 0 Å². The average Bonchev–Trinajstić information content (AvgIpc) is 2.79.